The normalized spacial score (nSPS) is 24.2. The van der Waals surface area contributed by atoms with E-state index in [1.54, 1.807) is 11.8 Å². The maximum atomic E-state index is 12.3. The topological polar surface area (TPSA) is 69.7 Å². The maximum absolute atomic E-state index is 12.3. The predicted molar refractivity (Wildman–Crippen MR) is 84.6 cm³/mol. The second-order valence-corrected chi connectivity index (χ2v) is 7.54. The third kappa shape index (κ3) is 3.39. The summed E-state index contributed by atoms with van der Waals surface area (Å²) in [7, 11) is 0. The van der Waals surface area contributed by atoms with E-state index >= 15 is 0 Å². The van der Waals surface area contributed by atoms with E-state index in [2.05, 4.69) is 5.32 Å². The van der Waals surface area contributed by atoms with Gasteiger partial charge in [0.1, 0.15) is 0 Å². The number of piperidine rings is 1. The average Bonchev–Trinajstić information content (AvgIpc) is 3.15. The smallest absolute Gasteiger partial charge is 0.324 e. The van der Waals surface area contributed by atoms with Gasteiger partial charge >= 0.3 is 6.03 Å². The van der Waals surface area contributed by atoms with E-state index in [0.29, 0.717) is 36.9 Å². The predicted octanol–water partition coefficient (Wildman–Crippen LogP) is 1.21. The highest BCUT2D eigenvalue weighted by atomic mass is 32.2. The van der Waals surface area contributed by atoms with E-state index < -0.39 is 0 Å². The Morgan fingerprint density at radius 3 is 2.41 bits per heavy atom. The summed E-state index contributed by atoms with van der Waals surface area (Å²) in [4.78, 5) is 38.9. The molecule has 22 heavy (non-hydrogen) atoms. The van der Waals surface area contributed by atoms with Crippen molar-refractivity contribution in [2.75, 3.05) is 25.4 Å². The Morgan fingerprint density at radius 1 is 1.14 bits per heavy atom. The number of nitrogens with zero attached hydrogens (tertiary/aromatic N) is 2. The standard InChI is InChI=1S/C15H23N3O3S/c19-13-9-16-15(21)18(13)11-5-7-17(8-6-11)14(20)10-22-12-3-1-2-4-12/h11-12H,1-10H2,(H,16,21). The third-order valence-electron chi connectivity index (χ3n) is 4.81. The van der Waals surface area contributed by atoms with Gasteiger partial charge in [-0.05, 0) is 25.7 Å². The molecular formula is C15H23N3O3S. The Bertz CT molecular complexity index is 441. The van der Waals surface area contributed by atoms with Crippen molar-refractivity contribution in [1.82, 2.24) is 15.1 Å². The second-order valence-electron chi connectivity index (χ2n) is 6.25. The van der Waals surface area contributed by atoms with Crippen LogP contribution in [0.4, 0.5) is 4.79 Å². The number of nitrogens with one attached hydrogen (secondary N) is 1. The first kappa shape index (κ1) is 15.6. The van der Waals surface area contributed by atoms with E-state index in [1.165, 1.54) is 30.6 Å². The lowest BCUT2D eigenvalue weighted by Crippen LogP contribution is -2.49. The summed E-state index contributed by atoms with van der Waals surface area (Å²) in [6.07, 6.45) is 6.46. The molecule has 0 aromatic carbocycles. The first-order chi connectivity index (χ1) is 10.6. The molecule has 1 N–H and O–H groups in total. The molecule has 2 aliphatic heterocycles. The van der Waals surface area contributed by atoms with Crippen LogP contribution in [0.15, 0.2) is 0 Å². The van der Waals surface area contributed by atoms with Gasteiger partial charge in [0, 0.05) is 24.4 Å². The van der Waals surface area contributed by atoms with Crippen LogP contribution in [0.25, 0.3) is 0 Å². The fourth-order valence-corrected chi connectivity index (χ4v) is 4.74. The molecule has 0 atom stereocenters. The molecule has 0 bridgehead atoms. The largest absolute Gasteiger partial charge is 0.342 e. The highest BCUT2D eigenvalue weighted by Gasteiger charge is 2.37. The van der Waals surface area contributed by atoms with Crippen molar-refractivity contribution < 1.29 is 14.4 Å². The van der Waals surface area contributed by atoms with Crippen molar-refractivity contribution in [1.29, 1.82) is 0 Å². The Hall–Kier alpha value is -1.24. The highest BCUT2D eigenvalue weighted by molar-refractivity contribution is 8.00. The number of urea groups is 1. The molecule has 0 spiro atoms. The van der Waals surface area contributed by atoms with Crippen molar-refractivity contribution in [3.05, 3.63) is 0 Å². The number of imide groups is 1. The van der Waals surface area contributed by atoms with Crippen LogP contribution in [-0.4, -0.2) is 64.3 Å². The molecule has 3 aliphatic rings. The zero-order chi connectivity index (χ0) is 15.5. The van der Waals surface area contributed by atoms with Gasteiger partial charge < -0.3 is 10.2 Å². The molecule has 0 unspecified atom stereocenters. The summed E-state index contributed by atoms with van der Waals surface area (Å²) in [5, 5.41) is 3.22. The number of hydrogen-bond acceptors (Lipinski definition) is 4. The van der Waals surface area contributed by atoms with Gasteiger partial charge in [-0.3, -0.25) is 14.5 Å². The molecule has 2 saturated heterocycles. The van der Waals surface area contributed by atoms with E-state index in [0.717, 1.165) is 0 Å². The molecular weight excluding hydrogens is 302 g/mol. The molecule has 0 aromatic heterocycles. The summed E-state index contributed by atoms with van der Waals surface area (Å²) in [6.45, 7) is 1.40. The van der Waals surface area contributed by atoms with Crippen LogP contribution in [0.1, 0.15) is 38.5 Å². The van der Waals surface area contributed by atoms with Crippen molar-refractivity contribution >= 4 is 29.6 Å². The second kappa shape index (κ2) is 6.89. The molecule has 7 heteroatoms. The minimum absolute atomic E-state index is 0.0541. The summed E-state index contributed by atoms with van der Waals surface area (Å²) < 4.78 is 0. The van der Waals surface area contributed by atoms with Crippen molar-refractivity contribution in [3.63, 3.8) is 0 Å². The van der Waals surface area contributed by atoms with Crippen LogP contribution in [0.5, 0.6) is 0 Å². The van der Waals surface area contributed by atoms with Gasteiger partial charge in [-0.2, -0.15) is 0 Å². The first-order valence-electron chi connectivity index (χ1n) is 8.14. The molecule has 0 aromatic rings. The molecule has 1 saturated carbocycles. The minimum atomic E-state index is -0.286. The molecule has 122 valence electrons. The molecule has 4 amide bonds. The highest BCUT2D eigenvalue weighted by Crippen LogP contribution is 2.29. The summed E-state index contributed by atoms with van der Waals surface area (Å²) in [5.74, 6) is 0.623. The fourth-order valence-electron chi connectivity index (χ4n) is 3.51. The zero-order valence-electron chi connectivity index (χ0n) is 12.8. The van der Waals surface area contributed by atoms with Crippen LogP contribution in [0.3, 0.4) is 0 Å². The Balaban J connectivity index is 1.43. The fraction of sp³-hybridized carbons (Fsp3) is 0.800. The number of hydrogen-bond donors (Lipinski definition) is 1. The van der Waals surface area contributed by atoms with Gasteiger partial charge in [0.2, 0.25) is 11.8 Å². The zero-order valence-corrected chi connectivity index (χ0v) is 13.6. The van der Waals surface area contributed by atoms with Crippen molar-refractivity contribution in [2.24, 2.45) is 0 Å². The van der Waals surface area contributed by atoms with E-state index in [4.69, 9.17) is 0 Å². The first-order valence-corrected chi connectivity index (χ1v) is 9.19. The third-order valence-corrected chi connectivity index (χ3v) is 6.16. The molecule has 2 heterocycles. The maximum Gasteiger partial charge on any atom is 0.324 e. The summed E-state index contributed by atoms with van der Waals surface area (Å²) in [6, 6.07) is -0.340. The van der Waals surface area contributed by atoms with Crippen molar-refractivity contribution in [3.8, 4) is 0 Å². The van der Waals surface area contributed by atoms with Gasteiger partial charge in [-0.1, -0.05) is 12.8 Å². The van der Waals surface area contributed by atoms with Crippen LogP contribution >= 0.6 is 11.8 Å². The number of thioether (sulfide) groups is 1. The van der Waals surface area contributed by atoms with Crippen LogP contribution in [-0.2, 0) is 9.59 Å². The van der Waals surface area contributed by atoms with Crippen LogP contribution in [0, 0.1) is 0 Å². The molecule has 3 rings (SSSR count). The minimum Gasteiger partial charge on any atom is -0.342 e. The van der Waals surface area contributed by atoms with E-state index in [9.17, 15) is 14.4 Å². The summed E-state index contributed by atoms with van der Waals surface area (Å²) >= 11 is 1.79. The lowest BCUT2D eigenvalue weighted by atomic mass is 10.0. The Labute approximate surface area is 135 Å². The Kier molecular flexibility index (Phi) is 4.90. The lowest BCUT2D eigenvalue weighted by Gasteiger charge is -2.35. The number of amides is 4. The van der Waals surface area contributed by atoms with Crippen LogP contribution < -0.4 is 5.32 Å². The molecule has 0 radical (unpaired) electrons. The summed E-state index contributed by atoms with van der Waals surface area (Å²) in [5.41, 5.74) is 0. The average molecular weight is 325 g/mol. The van der Waals surface area contributed by atoms with Crippen LogP contribution in [0.2, 0.25) is 0 Å². The molecule has 3 fully saturated rings. The lowest BCUT2D eigenvalue weighted by molar-refractivity contribution is -0.131. The SMILES string of the molecule is O=C(CSC1CCCC1)N1CCC(N2C(=O)CNC2=O)CC1. The Morgan fingerprint density at radius 2 is 1.82 bits per heavy atom. The van der Waals surface area contributed by atoms with E-state index in [-0.39, 0.29) is 30.4 Å². The van der Waals surface area contributed by atoms with Crippen molar-refractivity contribution in [2.45, 2.75) is 49.8 Å². The van der Waals surface area contributed by atoms with Gasteiger partial charge in [0.15, 0.2) is 0 Å². The van der Waals surface area contributed by atoms with E-state index in [1.807, 2.05) is 4.90 Å². The van der Waals surface area contributed by atoms with Gasteiger partial charge in [-0.15, -0.1) is 11.8 Å². The number of rotatable bonds is 4. The number of carbonyl (C=O) groups excluding carboxylic acids is 3. The number of likely N-dealkylation sites (tertiary alicyclic amines) is 1. The quantitative estimate of drug-likeness (QED) is 0.789. The van der Waals surface area contributed by atoms with Gasteiger partial charge in [-0.25, -0.2) is 4.79 Å². The van der Waals surface area contributed by atoms with Gasteiger partial charge in [0.25, 0.3) is 0 Å². The molecule has 6 nitrogen and oxygen atoms in total. The monoisotopic (exact) mass is 325 g/mol. The number of carbonyl (C=O) groups is 3. The van der Waals surface area contributed by atoms with Gasteiger partial charge in [0.05, 0.1) is 12.3 Å². The molecule has 1 aliphatic carbocycles.